The van der Waals surface area contributed by atoms with Gasteiger partial charge in [0.1, 0.15) is 0 Å². The molecule has 0 rings (SSSR count). The molecule has 0 atom stereocenters. The fourth-order valence-electron chi connectivity index (χ4n) is 4.12. The van der Waals surface area contributed by atoms with Gasteiger partial charge in [0.2, 0.25) is 0 Å². The molecule has 0 bridgehead atoms. The predicted octanol–water partition coefficient (Wildman–Crippen LogP) is 6.21. The Morgan fingerprint density at radius 2 is 0.903 bits per heavy atom. The molecule has 4 nitrogen and oxygen atoms in total. The number of carbonyl (C=O) groups excluding carboxylic acids is 1. The number of hydrogen-bond acceptors (Lipinski definition) is 3. The number of unbranched alkanes of at least 4 members (excludes halogenated alkanes) is 11. The highest BCUT2D eigenvalue weighted by Crippen LogP contribution is 2.16. The van der Waals surface area contributed by atoms with E-state index in [-0.39, 0.29) is 6.42 Å². The minimum Gasteiger partial charge on any atom is -0.550 e. The number of hydrogen-bond donors (Lipinski definition) is 1. The number of nitrogens with two attached hydrogens (primary N) is 1. The van der Waals surface area contributed by atoms with E-state index in [1.807, 2.05) is 0 Å². The van der Waals surface area contributed by atoms with E-state index < -0.39 is 5.97 Å². The van der Waals surface area contributed by atoms with Gasteiger partial charge < -0.3 is 20.1 Å². The first-order valence-electron chi connectivity index (χ1n) is 13.8. The summed E-state index contributed by atoms with van der Waals surface area (Å²) in [6, 6.07) is 0. The van der Waals surface area contributed by atoms with Crippen molar-refractivity contribution in [2.24, 2.45) is 5.73 Å². The molecule has 0 aliphatic heterocycles. The highest BCUT2D eigenvalue weighted by molar-refractivity contribution is 5.63. The third-order valence-corrected chi connectivity index (χ3v) is 6.28. The van der Waals surface area contributed by atoms with Crippen molar-refractivity contribution >= 4 is 5.97 Å². The Morgan fingerprint density at radius 1 is 0.581 bits per heavy atom. The van der Waals surface area contributed by atoms with Crippen LogP contribution in [0.25, 0.3) is 0 Å². The number of quaternary nitrogens is 1. The van der Waals surface area contributed by atoms with Crippen molar-refractivity contribution in [1.29, 1.82) is 0 Å². The Hall–Kier alpha value is -0.610. The Kier molecular flexibility index (Phi) is 26.9. The van der Waals surface area contributed by atoms with Crippen LogP contribution in [-0.2, 0) is 4.79 Å². The summed E-state index contributed by atoms with van der Waals surface area (Å²) >= 11 is 0. The van der Waals surface area contributed by atoms with E-state index in [0.717, 1.165) is 32.2 Å². The maximum Gasteiger partial charge on any atom is 0.0786 e. The van der Waals surface area contributed by atoms with Gasteiger partial charge in [0.15, 0.2) is 0 Å². The molecule has 0 radical (unpaired) electrons. The van der Waals surface area contributed by atoms with Crippen LogP contribution in [0.5, 0.6) is 0 Å². The van der Waals surface area contributed by atoms with E-state index in [1.54, 1.807) is 0 Å². The predicted molar refractivity (Wildman–Crippen MR) is 135 cm³/mol. The zero-order valence-electron chi connectivity index (χ0n) is 21.9. The Labute approximate surface area is 195 Å². The number of nitrogens with zero attached hydrogens (tertiary/aromatic N) is 1. The first-order valence-corrected chi connectivity index (χ1v) is 13.8. The molecule has 0 aromatic heterocycles. The minimum atomic E-state index is -0.923. The maximum absolute atomic E-state index is 10.1. The number of carboxylic acid groups (broad SMARTS) is 1. The lowest BCUT2D eigenvalue weighted by atomic mass is 10.1. The summed E-state index contributed by atoms with van der Waals surface area (Å²) in [5.74, 6) is -0.923. The molecule has 0 amide bonds. The lowest BCUT2D eigenvalue weighted by Crippen LogP contribution is -2.50. The van der Waals surface area contributed by atoms with Crippen molar-refractivity contribution in [1.82, 2.24) is 0 Å². The summed E-state index contributed by atoms with van der Waals surface area (Å²) < 4.78 is 1.42. The highest BCUT2D eigenvalue weighted by Gasteiger charge is 2.24. The van der Waals surface area contributed by atoms with E-state index in [0.29, 0.717) is 0 Å². The molecule has 0 spiro atoms. The molecule has 0 aliphatic carbocycles. The third kappa shape index (κ3) is 23.9. The largest absolute Gasteiger partial charge is 0.550 e. The van der Waals surface area contributed by atoms with Gasteiger partial charge in [0.05, 0.1) is 26.2 Å². The average molecular weight is 443 g/mol. The maximum atomic E-state index is 10.1. The standard InChI is InChI=1S/C16H36N.C11H23NO2/c1-5-9-13-17(14-10-6-2,15-11-7-3)16-12-8-4;12-10-8-6-4-2-1-3-5-7-9-11(13)14/h5-16H2,1-4H3;1-10,12H2,(H,13,14)/q+1;/p-1. The highest BCUT2D eigenvalue weighted by atomic mass is 16.4. The van der Waals surface area contributed by atoms with Crippen LogP contribution in [0.15, 0.2) is 0 Å². The van der Waals surface area contributed by atoms with Crippen molar-refractivity contribution in [2.45, 2.75) is 137 Å². The average Bonchev–Trinajstić information content (AvgIpc) is 2.77. The zero-order valence-corrected chi connectivity index (χ0v) is 21.9. The number of aliphatic carboxylic acids is 1. The summed E-state index contributed by atoms with van der Waals surface area (Å²) in [7, 11) is 0. The fourth-order valence-corrected chi connectivity index (χ4v) is 4.12. The van der Waals surface area contributed by atoms with Gasteiger partial charge in [-0.2, -0.15) is 0 Å². The molecule has 0 heterocycles. The first kappa shape index (κ1) is 32.6. The summed E-state index contributed by atoms with van der Waals surface area (Å²) in [4.78, 5) is 10.1. The van der Waals surface area contributed by atoms with Gasteiger partial charge in [-0.05, 0) is 51.5 Å². The number of carbonyl (C=O) groups is 1. The van der Waals surface area contributed by atoms with Crippen LogP contribution in [0, 0.1) is 0 Å². The quantitative estimate of drug-likeness (QED) is 0.160. The molecule has 0 fully saturated rings. The minimum absolute atomic E-state index is 0.215. The molecule has 0 unspecified atom stereocenters. The monoisotopic (exact) mass is 442 g/mol. The second-order valence-corrected chi connectivity index (χ2v) is 9.39. The molecule has 31 heavy (non-hydrogen) atoms. The van der Waals surface area contributed by atoms with Crippen LogP contribution in [0.1, 0.15) is 137 Å². The summed E-state index contributed by atoms with van der Waals surface area (Å²) in [5, 5.41) is 10.1. The number of rotatable bonds is 22. The SMILES string of the molecule is CCCC[N+](CCCC)(CCCC)CCCC.NCCCCCCCCCCC(=O)[O-]. The molecule has 0 aromatic rings. The van der Waals surface area contributed by atoms with Crippen molar-refractivity contribution in [2.75, 3.05) is 32.7 Å². The molecule has 188 valence electrons. The van der Waals surface area contributed by atoms with E-state index >= 15 is 0 Å². The van der Waals surface area contributed by atoms with Crippen LogP contribution in [0.3, 0.4) is 0 Å². The van der Waals surface area contributed by atoms with Crippen molar-refractivity contribution < 1.29 is 14.4 Å². The van der Waals surface area contributed by atoms with E-state index in [2.05, 4.69) is 27.7 Å². The second-order valence-electron chi connectivity index (χ2n) is 9.39. The molecule has 0 aliphatic rings. The van der Waals surface area contributed by atoms with Gasteiger partial charge in [-0.15, -0.1) is 0 Å². The lowest BCUT2D eigenvalue weighted by Gasteiger charge is -2.39. The van der Waals surface area contributed by atoms with E-state index in [4.69, 9.17) is 5.73 Å². The Bertz CT molecular complexity index is 324. The van der Waals surface area contributed by atoms with Gasteiger partial charge in [0.25, 0.3) is 0 Å². The normalized spacial score (nSPS) is 11.3. The summed E-state index contributed by atoms with van der Waals surface area (Å²) in [5.41, 5.74) is 5.38. The molecular weight excluding hydrogens is 384 g/mol. The molecule has 4 heteroatoms. The van der Waals surface area contributed by atoms with Crippen LogP contribution < -0.4 is 10.8 Å². The fraction of sp³-hybridized carbons (Fsp3) is 0.963. The molecule has 0 saturated heterocycles. The van der Waals surface area contributed by atoms with Crippen LogP contribution in [-0.4, -0.2) is 43.2 Å². The van der Waals surface area contributed by atoms with E-state index in [1.165, 1.54) is 108 Å². The molecule has 0 saturated carbocycles. The molecule has 0 aromatic carbocycles. The van der Waals surface area contributed by atoms with Gasteiger partial charge >= 0.3 is 0 Å². The van der Waals surface area contributed by atoms with Gasteiger partial charge in [-0.3, -0.25) is 0 Å². The van der Waals surface area contributed by atoms with Gasteiger partial charge in [-0.1, -0.05) is 91.9 Å². The first-order chi connectivity index (χ1) is 15.0. The lowest BCUT2D eigenvalue weighted by molar-refractivity contribution is -0.929. The van der Waals surface area contributed by atoms with Crippen molar-refractivity contribution in [3.05, 3.63) is 0 Å². The summed E-state index contributed by atoms with van der Waals surface area (Å²) in [6.45, 7) is 15.8. The van der Waals surface area contributed by atoms with Crippen molar-refractivity contribution in [3.63, 3.8) is 0 Å². The smallest absolute Gasteiger partial charge is 0.0786 e. The van der Waals surface area contributed by atoms with Crippen LogP contribution in [0.4, 0.5) is 0 Å². The Balaban J connectivity index is 0. The van der Waals surface area contributed by atoms with Crippen LogP contribution >= 0.6 is 0 Å². The second kappa shape index (κ2) is 25.6. The van der Waals surface area contributed by atoms with Gasteiger partial charge in [0, 0.05) is 5.97 Å². The van der Waals surface area contributed by atoms with Crippen LogP contribution in [0.2, 0.25) is 0 Å². The topological polar surface area (TPSA) is 66.2 Å². The Morgan fingerprint density at radius 3 is 1.19 bits per heavy atom. The zero-order chi connectivity index (χ0) is 23.6. The third-order valence-electron chi connectivity index (χ3n) is 6.28. The van der Waals surface area contributed by atoms with E-state index in [9.17, 15) is 9.90 Å². The van der Waals surface area contributed by atoms with Crippen molar-refractivity contribution in [3.8, 4) is 0 Å². The number of carboxylic acids is 1. The summed E-state index contributed by atoms with van der Waals surface area (Å²) in [6.07, 6.45) is 20.3. The molecule has 2 N–H and O–H groups in total. The molecular formula is C27H58N2O2. The van der Waals surface area contributed by atoms with Gasteiger partial charge in [-0.25, -0.2) is 0 Å².